The van der Waals surface area contributed by atoms with Gasteiger partial charge in [-0.05, 0) is 25.5 Å². The molecule has 0 bridgehead atoms. The fourth-order valence-corrected chi connectivity index (χ4v) is 2.59. The van der Waals surface area contributed by atoms with Crippen LogP contribution in [0.15, 0.2) is 23.6 Å². The minimum absolute atomic E-state index is 0.232. The van der Waals surface area contributed by atoms with E-state index in [-0.39, 0.29) is 11.8 Å². The quantitative estimate of drug-likeness (QED) is 0.824. The summed E-state index contributed by atoms with van der Waals surface area (Å²) < 4.78 is 18.6. The van der Waals surface area contributed by atoms with Crippen LogP contribution in [0.2, 0.25) is 0 Å². The van der Waals surface area contributed by atoms with Gasteiger partial charge in [-0.3, -0.25) is 4.79 Å². The summed E-state index contributed by atoms with van der Waals surface area (Å²) >= 11 is 1.39. The Bertz CT molecular complexity index is 608. The SMILES string of the molecule is CCOC(=O)CCc1csc(Nc2c(C)cccc2F)n1. The summed E-state index contributed by atoms with van der Waals surface area (Å²) in [6.07, 6.45) is 0.822. The molecule has 6 heteroatoms. The molecule has 21 heavy (non-hydrogen) atoms. The predicted octanol–water partition coefficient (Wildman–Crippen LogP) is 3.83. The largest absolute Gasteiger partial charge is 0.466 e. The highest BCUT2D eigenvalue weighted by Gasteiger charge is 2.09. The summed E-state index contributed by atoms with van der Waals surface area (Å²) in [5.74, 6) is -0.539. The van der Waals surface area contributed by atoms with Crippen LogP contribution in [0.3, 0.4) is 0 Å². The lowest BCUT2D eigenvalue weighted by atomic mass is 10.2. The molecule has 0 unspecified atom stereocenters. The second-order valence-electron chi connectivity index (χ2n) is 4.51. The molecule has 0 aliphatic rings. The number of benzene rings is 1. The first-order valence-corrected chi connectivity index (χ1v) is 7.60. The first kappa shape index (κ1) is 15.4. The summed E-state index contributed by atoms with van der Waals surface area (Å²) in [4.78, 5) is 15.6. The van der Waals surface area contributed by atoms with Gasteiger partial charge in [-0.2, -0.15) is 0 Å². The van der Waals surface area contributed by atoms with Gasteiger partial charge in [0.05, 0.1) is 24.4 Å². The lowest BCUT2D eigenvalue weighted by molar-refractivity contribution is -0.143. The number of ether oxygens (including phenoxy) is 1. The number of para-hydroxylation sites is 1. The van der Waals surface area contributed by atoms with E-state index in [1.165, 1.54) is 17.4 Å². The zero-order chi connectivity index (χ0) is 15.2. The van der Waals surface area contributed by atoms with E-state index < -0.39 is 0 Å². The zero-order valence-electron chi connectivity index (χ0n) is 12.0. The summed E-state index contributed by atoms with van der Waals surface area (Å²) in [5, 5.41) is 5.46. The van der Waals surface area contributed by atoms with E-state index in [9.17, 15) is 9.18 Å². The van der Waals surface area contributed by atoms with Gasteiger partial charge >= 0.3 is 5.97 Å². The molecule has 0 atom stereocenters. The number of anilines is 2. The maximum absolute atomic E-state index is 13.7. The van der Waals surface area contributed by atoms with Crippen molar-refractivity contribution in [2.45, 2.75) is 26.7 Å². The molecule has 112 valence electrons. The molecule has 1 heterocycles. The predicted molar refractivity (Wildman–Crippen MR) is 81.5 cm³/mol. The maximum atomic E-state index is 13.7. The van der Waals surface area contributed by atoms with Crippen molar-refractivity contribution in [1.29, 1.82) is 0 Å². The average molecular weight is 308 g/mol. The van der Waals surface area contributed by atoms with Crippen molar-refractivity contribution < 1.29 is 13.9 Å². The molecule has 0 fully saturated rings. The van der Waals surface area contributed by atoms with E-state index in [1.807, 2.05) is 18.4 Å². The van der Waals surface area contributed by atoms with Crippen LogP contribution in [0.4, 0.5) is 15.2 Å². The standard InChI is InChI=1S/C15H17FN2O2S/c1-3-20-13(19)8-7-11-9-21-15(17-11)18-14-10(2)5-4-6-12(14)16/h4-6,9H,3,7-8H2,1-2H3,(H,17,18). The summed E-state index contributed by atoms with van der Waals surface area (Å²) in [5.41, 5.74) is 2.05. The van der Waals surface area contributed by atoms with Crippen molar-refractivity contribution in [3.8, 4) is 0 Å². The number of nitrogens with zero attached hydrogens (tertiary/aromatic N) is 1. The Morgan fingerprint density at radius 1 is 1.48 bits per heavy atom. The number of thiazole rings is 1. The molecule has 0 saturated heterocycles. The van der Waals surface area contributed by atoms with Crippen LogP contribution in [0.1, 0.15) is 24.6 Å². The number of nitrogens with one attached hydrogen (secondary N) is 1. The van der Waals surface area contributed by atoms with Gasteiger partial charge in [0, 0.05) is 11.8 Å². The molecule has 1 aromatic heterocycles. The molecule has 0 saturated carbocycles. The van der Waals surface area contributed by atoms with Gasteiger partial charge in [0.15, 0.2) is 5.13 Å². The Morgan fingerprint density at radius 2 is 2.29 bits per heavy atom. The van der Waals surface area contributed by atoms with Crippen LogP contribution in [0, 0.1) is 12.7 Å². The Balaban J connectivity index is 1.99. The fourth-order valence-electron chi connectivity index (χ4n) is 1.84. The number of halogens is 1. The van der Waals surface area contributed by atoms with E-state index in [4.69, 9.17) is 4.74 Å². The second kappa shape index (κ2) is 7.17. The van der Waals surface area contributed by atoms with Crippen molar-refractivity contribution in [2.24, 2.45) is 0 Å². The lowest BCUT2D eigenvalue weighted by Gasteiger charge is -2.07. The molecule has 4 nitrogen and oxygen atoms in total. The first-order chi connectivity index (χ1) is 10.1. The van der Waals surface area contributed by atoms with Crippen LogP contribution in [-0.2, 0) is 16.0 Å². The molecule has 0 radical (unpaired) electrons. The van der Waals surface area contributed by atoms with Gasteiger partial charge < -0.3 is 10.1 Å². The highest BCUT2D eigenvalue weighted by Crippen LogP contribution is 2.26. The third-order valence-corrected chi connectivity index (χ3v) is 3.70. The van der Waals surface area contributed by atoms with Gasteiger partial charge in [0.25, 0.3) is 0 Å². The van der Waals surface area contributed by atoms with Crippen LogP contribution in [0.5, 0.6) is 0 Å². The lowest BCUT2D eigenvalue weighted by Crippen LogP contribution is -2.05. The summed E-state index contributed by atoms with van der Waals surface area (Å²) in [6.45, 7) is 4.00. The molecule has 0 aliphatic heterocycles. The smallest absolute Gasteiger partial charge is 0.306 e. The van der Waals surface area contributed by atoms with E-state index in [1.54, 1.807) is 13.0 Å². The molecule has 2 rings (SSSR count). The Hall–Kier alpha value is -1.95. The van der Waals surface area contributed by atoms with Crippen molar-refractivity contribution in [3.05, 3.63) is 40.7 Å². The highest BCUT2D eigenvalue weighted by atomic mass is 32.1. The van der Waals surface area contributed by atoms with Crippen LogP contribution in [0.25, 0.3) is 0 Å². The van der Waals surface area contributed by atoms with Crippen molar-refractivity contribution in [3.63, 3.8) is 0 Å². The molecule has 0 aliphatic carbocycles. The molecule has 0 amide bonds. The minimum atomic E-state index is -0.307. The molecule has 2 aromatic rings. The van der Waals surface area contributed by atoms with Gasteiger partial charge in [0.1, 0.15) is 5.82 Å². The van der Waals surface area contributed by atoms with Crippen LogP contribution >= 0.6 is 11.3 Å². The normalized spacial score (nSPS) is 10.4. The minimum Gasteiger partial charge on any atom is -0.466 e. The number of aryl methyl sites for hydroxylation is 2. The van der Waals surface area contributed by atoms with Crippen molar-refractivity contribution in [1.82, 2.24) is 4.98 Å². The molecular weight excluding hydrogens is 291 g/mol. The third kappa shape index (κ3) is 4.26. The number of rotatable bonds is 6. The average Bonchev–Trinajstić information content (AvgIpc) is 2.89. The fraction of sp³-hybridized carbons (Fsp3) is 0.333. The molecule has 0 spiro atoms. The van der Waals surface area contributed by atoms with Gasteiger partial charge in [-0.15, -0.1) is 11.3 Å². The molecule has 1 aromatic carbocycles. The highest BCUT2D eigenvalue weighted by molar-refractivity contribution is 7.13. The number of esters is 1. The Morgan fingerprint density at radius 3 is 3.00 bits per heavy atom. The third-order valence-electron chi connectivity index (χ3n) is 2.90. The van der Waals surface area contributed by atoms with Gasteiger partial charge in [0.2, 0.25) is 0 Å². The van der Waals surface area contributed by atoms with Gasteiger partial charge in [-0.25, -0.2) is 9.37 Å². The number of hydrogen-bond donors (Lipinski definition) is 1. The second-order valence-corrected chi connectivity index (χ2v) is 5.36. The molecule has 1 N–H and O–H groups in total. The van der Waals surface area contributed by atoms with E-state index in [0.29, 0.717) is 30.3 Å². The monoisotopic (exact) mass is 308 g/mol. The summed E-state index contributed by atoms with van der Waals surface area (Å²) in [7, 11) is 0. The molecular formula is C15H17FN2O2S. The van der Waals surface area contributed by atoms with Crippen LogP contribution < -0.4 is 5.32 Å². The van der Waals surface area contributed by atoms with Crippen molar-refractivity contribution in [2.75, 3.05) is 11.9 Å². The topological polar surface area (TPSA) is 51.2 Å². The number of carbonyl (C=O) groups excluding carboxylic acids is 1. The number of carbonyl (C=O) groups is 1. The van der Waals surface area contributed by atoms with E-state index in [0.717, 1.165) is 11.3 Å². The van der Waals surface area contributed by atoms with Crippen LogP contribution in [-0.4, -0.2) is 17.6 Å². The zero-order valence-corrected chi connectivity index (χ0v) is 12.8. The van der Waals surface area contributed by atoms with E-state index in [2.05, 4.69) is 10.3 Å². The number of aromatic nitrogens is 1. The van der Waals surface area contributed by atoms with Gasteiger partial charge in [-0.1, -0.05) is 12.1 Å². The summed E-state index contributed by atoms with van der Waals surface area (Å²) in [6, 6.07) is 4.91. The van der Waals surface area contributed by atoms with E-state index >= 15 is 0 Å². The van der Waals surface area contributed by atoms with Crippen molar-refractivity contribution >= 4 is 28.1 Å². The first-order valence-electron chi connectivity index (χ1n) is 6.72. The maximum Gasteiger partial charge on any atom is 0.306 e. The Kier molecular flexibility index (Phi) is 5.27. The Labute approximate surface area is 127 Å². The number of hydrogen-bond acceptors (Lipinski definition) is 5.